The van der Waals surface area contributed by atoms with Gasteiger partial charge in [-0.1, -0.05) is 57.6 Å². The zero-order chi connectivity index (χ0) is 22.1. The van der Waals surface area contributed by atoms with Gasteiger partial charge in [-0.05, 0) is 65.9 Å². The summed E-state index contributed by atoms with van der Waals surface area (Å²) in [5.74, 6) is 4.30. The second-order valence-electron chi connectivity index (χ2n) is 9.23. The molecule has 1 N–H and O–H groups in total. The number of benzene rings is 1. The molecule has 1 saturated heterocycles. The number of unbranched alkanes of at least 4 members (excludes halogenated alkanes) is 6. The highest BCUT2D eigenvalue weighted by Crippen LogP contribution is 2.54. The number of aliphatic hydroxyl groups is 1. The predicted octanol–water partition coefficient (Wildman–Crippen LogP) is 6.86. The highest BCUT2D eigenvalue weighted by molar-refractivity contribution is 8.03. The van der Waals surface area contributed by atoms with Crippen molar-refractivity contribution in [3.05, 3.63) is 52.6 Å². The number of aliphatic hydroxyl groups excluding tert-OH is 1. The molecule has 0 aromatic heterocycles. The van der Waals surface area contributed by atoms with Crippen LogP contribution in [0.1, 0.15) is 70.3 Å². The van der Waals surface area contributed by atoms with Gasteiger partial charge in [0.25, 0.3) is 0 Å². The molecule has 3 atom stereocenters. The average Bonchev–Trinajstić information content (AvgIpc) is 2.81. The minimum atomic E-state index is 0.165. The summed E-state index contributed by atoms with van der Waals surface area (Å²) < 4.78 is 10.9. The second-order valence-corrected chi connectivity index (χ2v) is 10.3. The van der Waals surface area contributed by atoms with Gasteiger partial charge in [-0.15, -0.1) is 11.8 Å². The van der Waals surface area contributed by atoms with E-state index in [1.165, 1.54) is 49.0 Å². The lowest BCUT2D eigenvalue weighted by Gasteiger charge is -2.48. The standard InChI is InChI=1S/C27H40O3S/c1-27(21-12-14-22(29-2)15-13-21)20-31-26-19-23(30-3)16-17-24(26)25(27)11-9-7-5-4-6-8-10-18-28/h12-16,19,24-25,28H,4-11,17-18,20H2,1-3H3. The Morgan fingerprint density at radius 2 is 1.65 bits per heavy atom. The topological polar surface area (TPSA) is 38.7 Å². The minimum Gasteiger partial charge on any atom is -0.497 e. The van der Waals surface area contributed by atoms with Gasteiger partial charge in [0.05, 0.1) is 14.2 Å². The largest absolute Gasteiger partial charge is 0.497 e. The number of thioether (sulfide) groups is 1. The monoisotopic (exact) mass is 444 g/mol. The molecule has 172 valence electrons. The summed E-state index contributed by atoms with van der Waals surface area (Å²) in [6.07, 6.45) is 15.5. The summed E-state index contributed by atoms with van der Waals surface area (Å²) in [6, 6.07) is 8.79. The molecule has 4 heteroatoms. The predicted molar refractivity (Wildman–Crippen MR) is 132 cm³/mol. The fourth-order valence-corrected chi connectivity index (χ4v) is 6.77. The van der Waals surface area contributed by atoms with Crippen LogP contribution in [0.2, 0.25) is 0 Å². The van der Waals surface area contributed by atoms with E-state index in [1.54, 1.807) is 14.2 Å². The molecule has 1 aromatic carbocycles. The fraction of sp³-hybridized carbons (Fsp3) is 0.630. The third kappa shape index (κ3) is 6.10. The van der Waals surface area contributed by atoms with Gasteiger partial charge in [-0.25, -0.2) is 0 Å². The maximum atomic E-state index is 8.93. The maximum Gasteiger partial charge on any atom is 0.118 e. The third-order valence-corrected chi connectivity index (χ3v) is 8.72. The van der Waals surface area contributed by atoms with Gasteiger partial charge in [0.1, 0.15) is 11.5 Å². The molecule has 3 unspecified atom stereocenters. The summed E-state index contributed by atoms with van der Waals surface area (Å²) in [5.41, 5.74) is 1.61. The Kier molecular flexibility index (Phi) is 9.40. The van der Waals surface area contributed by atoms with Gasteiger partial charge in [0, 0.05) is 17.8 Å². The van der Waals surface area contributed by atoms with Crippen molar-refractivity contribution in [3.8, 4) is 5.75 Å². The van der Waals surface area contributed by atoms with Gasteiger partial charge in [-0.3, -0.25) is 0 Å². The van der Waals surface area contributed by atoms with Crippen molar-refractivity contribution in [3.63, 3.8) is 0 Å². The van der Waals surface area contributed by atoms with Crippen molar-refractivity contribution in [1.82, 2.24) is 0 Å². The van der Waals surface area contributed by atoms with Crippen molar-refractivity contribution in [2.24, 2.45) is 11.8 Å². The average molecular weight is 445 g/mol. The number of hydrogen-bond acceptors (Lipinski definition) is 4. The van der Waals surface area contributed by atoms with Crippen LogP contribution in [0, 0.1) is 11.8 Å². The van der Waals surface area contributed by atoms with Crippen LogP contribution in [-0.4, -0.2) is 31.7 Å². The van der Waals surface area contributed by atoms with E-state index < -0.39 is 0 Å². The first-order valence-electron chi connectivity index (χ1n) is 12.0. The summed E-state index contributed by atoms with van der Waals surface area (Å²) in [4.78, 5) is 1.51. The lowest BCUT2D eigenvalue weighted by molar-refractivity contribution is 0.213. The number of ether oxygens (including phenoxy) is 2. The second kappa shape index (κ2) is 12.0. The number of rotatable bonds is 12. The van der Waals surface area contributed by atoms with E-state index >= 15 is 0 Å². The summed E-state index contributed by atoms with van der Waals surface area (Å²) >= 11 is 2.03. The molecule has 0 amide bonds. The summed E-state index contributed by atoms with van der Waals surface area (Å²) in [5, 5.41) is 8.93. The molecule has 1 aliphatic carbocycles. The molecule has 0 radical (unpaired) electrons. The third-order valence-electron chi connectivity index (χ3n) is 7.22. The molecule has 1 heterocycles. The van der Waals surface area contributed by atoms with E-state index in [2.05, 4.69) is 43.3 Å². The molecule has 0 saturated carbocycles. The lowest BCUT2D eigenvalue weighted by Crippen LogP contribution is -2.43. The SMILES string of the molecule is COC1=CCC2C(=C1)SCC(C)(c1ccc(OC)cc1)C2CCCCCCCCCO. The number of hydrogen-bond donors (Lipinski definition) is 1. The summed E-state index contributed by atoms with van der Waals surface area (Å²) in [7, 11) is 3.51. The maximum absolute atomic E-state index is 8.93. The summed E-state index contributed by atoms with van der Waals surface area (Å²) in [6.45, 7) is 2.81. The van der Waals surface area contributed by atoms with E-state index in [4.69, 9.17) is 14.6 Å². The van der Waals surface area contributed by atoms with Crippen molar-refractivity contribution in [2.45, 2.75) is 70.1 Å². The van der Waals surface area contributed by atoms with Gasteiger partial charge >= 0.3 is 0 Å². The van der Waals surface area contributed by atoms with Crippen molar-refractivity contribution in [1.29, 1.82) is 0 Å². The molecule has 2 aliphatic rings. The normalized spacial score (nSPS) is 25.4. The Hall–Kier alpha value is -1.39. The smallest absolute Gasteiger partial charge is 0.118 e. The van der Waals surface area contributed by atoms with Crippen molar-refractivity contribution >= 4 is 11.8 Å². The minimum absolute atomic E-state index is 0.165. The van der Waals surface area contributed by atoms with E-state index in [0.717, 1.165) is 36.5 Å². The molecule has 31 heavy (non-hydrogen) atoms. The Labute approximate surface area is 193 Å². The molecular weight excluding hydrogens is 404 g/mol. The zero-order valence-corrected chi connectivity index (χ0v) is 20.4. The van der Waals surface area contributed by atoms with Gasteiger partial charge in [-0.2, -0.15) is 0 Å². The van der Waals surface area contributed by atoms with Crippen LogP contribution in [0.5, 0.6) is 5.75 Å². The molecule has 1 aromatic rings. The first kappa shape index (κ1) is 24.3. The van der Waals surface area contributed by atoms with Crippen LogP contribution >= 0.6 is 11.8 Å². The van der Waals surface area contributed by atoms with Gasteiger partial charge in [0.2, 0.25) is 0 Å². The van der Waals surface area contributed by atoms with Gasteiger partial charge < -0.3 is 14.6 Å². The van der Waals surface area contributed by atoms with E-state index in [9.17, 15) is 0 Å². The molecule has 1 aliphatic heterocycles. The molecular formula is C27H40O3S. The zero-order valence-electron chi connectivity index (χ0n) is 19.6. The van der Waals surface area contributed by atoms with E-state index in [1.807, 2.05) is 11.8 Å². The number of methoxy groups -OCH3 is 2. The van der Waals surface area contributed by atoms with E-state index in [0.29, 0.717) is 18.4 Å². The molecule has 3 nitrogen and oxygen atoms in total. The fourth-order valence-electron chi connectivity index (χ4n) is 5.25. The van der Waals surface area contributed by atoms with Crippen LogP contribution < -0.4 is 4.74 Å². The molecule has 1 fully saturated rings. The Morgan fingerprint density at radius 3 is 2.29 bits per heavy atom. The molecule has 0 bridgehead atoms. The number of allylic oxidation sites excluding steroid dienone is 3. The highest BCUT2D eigenvalue weighted by Gasteiger charge is 2.45. The van der Waals surface area contributed by atoms with Crippen LogP contribution in [0.25, 0.3) is 0 Å². The van der Waals surface area contributed by atoms with Gasteiger partial charge in [0.15, 0.2) is 0 Å². The lowest BCUT2D eigenvalue weighted by atomic mass is 9.64. The van der Waals surface area contributed by atoms with Crippen molar-refractivity contribution < 1.29 is 14.6 Å². The first-order valence-corrected chi connectivity index (χ1v) is 12.9. The van der Waals surface area contributed by atoms with Crippen molar-refractivity contribution in [2.75, 3.05) is 26.6 Å². The van der Waals surface area contributed by atoms with Crippen LogP contribution in [0.3, 0.4) is 0 Å². The van der Waals surface area contributed by atoms with Crippen LogP contribution in [0.15, 0.2) is 47.1 Å². The molecule has 0 spiro atoms. The number of fused-ring (bicyclic) bond motifs is 1. The Balaban J connectivity index is 1.69. The highest BCUT2D eigenvalue weighted by atomic mass is 32.2. The Morgan fingerprint density at radius 1 is 0.968 bits per heavy atom. The molecule has 3 rings (SSSR count). The first-order chi connectivity index (χ1) is 15.1. The van der Waals surface area contributed by atoms with Crippen LogP contribution in [-0.2, 0) is 10.2 Å². The van der Waals surface area contributed by atoms with Crippen LogP contribution in [0.4, 0.5) is 0 Å². The Bertz CT molecular complexity index is 739. The van der Waals surface area contributed by atoms with E-state index in [-0.39, 0.29) is 5.41 Å². The quantitative estimate of drug-likeness (QED) is 0.357.